The summed E-state index contributed by atoms with van der Waals surface area (Å²) >= 11 is 0. The van der Waals surface area contributed by atoms with E-state index in [0.717, 1.165) is 33.6 Å². The minimum absolute atomic E-state index is 0.124. The fraction of sp³-hybridized carbons (Fsp3) is 0.333. The summed E-state index contributed by atoms with van der Waals surface area (Å²) < 4.78 is 16.6. The zero-order valence-corrected chi connectivity index (χ0v) is 18.9. The number of hydrogen-bond acceptors (Lipinski definition) is 5. The van der Waals surface area contributed by atoms with Crippen molar-refractivity contribution in [1.29, 1.82) is 0 Å². The van der Waals surface area contributed by atoms with Gasteiger partial charge in [-0.2, -0.15) is 0 Å². The molecule has 0 aliphatic carbocycles. The molecule has 0 aliphatic rings. The Morgan fingerprint density at radius 3 is 2.42 bits per heavy atom. The minimum atomic E-state index is -0.373. The molecule has 3 aromatic rings. The number of benzene rings is 2. The van der Waals surface area contributed by atoms with Crippen molar-refractivity contribution < 1.29 is 24.5 Å². The van der Waals surface area contributed by atoms with E-state index < -0.39 is 0 Å². The van der Waals surface area contributed by atoms with Gasteiger partial charge in [0.1, 0.15) is 11.5 Å². The van der Waals surface area contributed by atoms with E-state index in [1.165, 1.54) is 0 Å². The van der Waals surface area contributed by atoms with Crippen molar-refractivity contribution in [2.24, 2.45) is 5.92 Å². The number of aromatic nitrogens is 1. The molecule has 7 nitrogen and oxygen atoms in total. The molecule has 1 heterocycles. The van der Waals surface area contributed by atoms with Crippen molar-refractivity contribution in [3.8, 4) is 33.9 Å². The van der Waals surface area contributed by atoms with Crippen molar-refractivity contribution in [2.75, 3.05) is 19.5 Å². The van der Waals surface area contributed by atoms with E-state index in [1.807, 2.05) is 58.0 Å². The number of carbonyl (C=O) groups is 1. The summed E-state index contributed by atoms with van der Waals surface area (Å²) in [6, 6.07) is 9.20. The zero-order chi connectivity index (χ0) is 22.7. The summed E-state index contributed by atoms with van der Waals surface area (Å²) in [6.07, 6.45) is 1.67. The monoisotopic (exact) mass is 424 g/mol. The van der Waals surface area contributed by atoms with E-state index in [9.17, 15) is 4.79 Å². The van der Waals surface area contributed by atoms with Crippen molar-refractivity contribution in [2.45, 2.75) is 33.7 Å². The minimum Gasteiger partial charge on any atom is -0.496 e. The van der Waals surface area contributed by atoms with Crippen LogP contribution in [0.3, 0.4) is 0 Å². The molecule has 1 atom stereocenters. The van der Waals surface area contributed by atoms with E-state index >= 15 is 0 Å². The standard InChI is InChI=1S/C24H29N3O4/c1-13(2)22(25)24(28)27-19-10-16(7-8-20(19)29-5)18-12-26-31-23(18)17-9-14(3)15(4)21(11-17)30-6/h7-13,22H,25H2,1-6H3,(H,27,28)/p+1. The Hall–Kier alpha value is -3.32. The van der Waals surface area contributed by atoms with Gasteiger partial charge in [0.25, 0.3) is 5.91 Å². The first-order valence-corrected chi connectivity index (χ1v) is 10.2. The maximum Gasteiger partial charge on any atom is 0.282 e. The molecule has 0 spiro atoms. The molecule has 0 saturated carbocycles. The van der Waals surface area contributed by atoms with E-state index in [-0.39, 0.29) is 17.9 Å². The van der Waals surface area contributed by atoms with Crippen molar-refractivity contribution >= 4 is 11.6 Å². The van der Waals surface area contributed by atoms with E-state index in [1.54, 1.807) is 20.4 Å². The summed E-state index contributed by atoms with van der Waals surface area (Å²) in [5, 5.41) is 6.96. The number of aryl methyl sites for hydroxylation is 1. The van der Waals surface area contributed by atoms with Crippen LogP contribution in [0.5, 0.6) is 11.5 Å². The number of rotatable bonds is 7. The van der Waals surface area contributed by atoms with Gasteiger partial charge < -0.3 is 25.0 Å². The van der Waals surface area contributed by atoms with Gasteiger partial charge in [0.15, 0.2) is 11.8 Å². The Labute approximate surface area is 182 Å². The first-order valence-electron chi connectivity index (χ1n) is 10.2. The summed E-state index contributed by atoms with van der Waals surface area (Å²) in [4.78, 5) is 12.6. The number of methoxy groups -OCH3 is 2. The molecule has 1 aromatic heterocycles. The molecule has 0 bridgehead atoms. The van der Waals surface area contributed by atoms with Crippen molar-refractivity contribution in [1.82, 2.24) is 5.16 Å². The van der Waals surface area contributed by atoms with Crippen LogP contribution in [-0.2, 0) is 4.79 Å². The second-order valence-corrected chi connectivity index (χ2v) is 7.94. The molecule has 3 rings (SSSR count). The van der Waals surface area contributed by atoms with E-state index in [2.05, 4.69) is 16.2 Å². The molecular weight excluding hydrogens is 394 g/mol. The van der Waals surface area contributed by atoms with Crippen LogP contribution in [0.4, 0.5) is 5.69 Å². The second-order valence-electron chi connectivity index (χ2n) is 7.94. The molecule has 1 unspecified atom stereocenters. The van der Waals surface area contributed by atoms with Crippen LogP contribution in [0.2, 0.25) is 0 Å². The SMILES string of the molecule is COc1ccc(-c2cnoc2-c2cc(C)c(C)c(OC)c2)cc1NC(=O)C([NH3+])C(C)C. The van der Waals surface area contributed by atoms with Gasteiger partial charge in [-0.3, -0.25) is 4.79 Å². The van der Waals surface area contributed by atoms with Crippen LogP contribution in [0.25, 0.3) is 22.5 Å². The van der Waals surface area contributed by atoms with Crippen LogP contribution in [0.15, 0.2) is 41.1 Å². The van der Waals surface area contributed by atoms with Crippen LogP contribution < -0.4 is 20.5 Å². The largest absolute Gasteiger partial charge is 0.496 e. The van der Waals surface area contributed by atoms with Gasteiger partial charge in [0.05, 0.1) is 26.1 Å². The number of amides is 1. The quantitative estimate of drug-likeness (QED) is 0.600. The molecule has 0 radical (unpaired) electrons. The number of nitrogens with one attached hydrogen (secondary N) is 1. The number of quaternary nitrogens is 1. The Kier molecular flexibility index (Phi) is 6.65. The normalized spacial score (nSPS) is 12.0. The predicted molar refractivity (Wildman–Crippen MR) is 120 cm³/mol. The maximum atomic E-state index is 12.6. The number of hydrogen-bond donors (Lipinski definition) is 2. The second kappa shape index (κ2) is 9.22. The van der Waals surface area contributed by atoms with Gasteiger partial charge in [-0.05, 0) is 54.8 Å². The fourth-order valence-electron chi connectivity index (χ4n) is 3.32. The van der Waals surface area contributed by atoms with Crippen molar-refractivity contribution in [3.63, 3.8) is 0 Å². The molecule has 164 valence electrons. The molecule has 7 heteroatoms. The summed E-state index contributed by atoms with van der Waals surface area (Å²) in [7, 11) is 3.22. The first-order chi connectivity index (χ1) is 14.8. The van der Waals surface area contributed by atoms with Crippen LogP contribution in [0, 0.1) is 19.8 Å². The maximum absolute atomic E-state index is 12.6. The third-order valence-electron chi connectivity index (χ3n) is 5.58. The van der Waals surface area contributed by atoms with Gasteiger partial charge in [-0.15, -0.1) is 0 Å². The number of carbonyl (C=O) groups excluding carboxylic acids is 1. The average Bonchev–Trinajstić information content (AvgIpc) is 3.24. The molecule has 0 saturated heterocycles. The molecular formula is C24H30N3O4+. The Morgan fingerprint density at radius 2 is 1.77 bits per heavy atom. The number of nitrogens with zero attached hydrogens (tertiary/aromatic N) is 1. The van der Waals surface area contributed by atoms with Crippen molar-refractivity contribution in [3.05, 3.63) is 47.7 Å². The van der Waals surface area contributed by atoms with Crippen LogP contribution in [-0.4, -0.2) is 31.3 Å². The lowest BCUT2D eigenvalue weighted by atomic mass is 9.98. The number of ether oxygens (including phenoxy) is 2. The van der Waals surface area contributed by atoms with E-state index in [0.29, 0.717) is 17.2 Å². The third-order valence-corrected chi connectivity index (χ3v) is 5.58. The molecule has 31 heavy (non-hydrogen) atoms. The smallest absolute Gasteiger partial charge is 0.282 e. The third kappa shape index (κ3) is 4.56. The topological polar surface area (TPSA) is 101 Å². The molecule has 4 N–H and O–H groups in total. The molecule has 0 aliphatic heterocycles. The first kappa shape index (κ1) is 22.4. The highest BCUT2D eigenvalue weighted by molar-refractivity contribution is 5.96. The lowest BCUT2D eigenvalue weighted by molar-refractivity contribution is -0.412. The summed E-state index contributed by atoms with van der Waals surface area (Å²) in [5.74, 6) is 1.95. The van der Waals surface area contributed by atoms with Gasteiger partial charge in [-0.1, -0.05) is 25.1 Å². The Bertz CT molecular complexity index is 1090. The average molecular weight is 425 g/mol. The van der Waals surface area contributed by atoms with Gasteiger partial charge in [0.2, 0.25) is 0 Å². The lowest BCUT2D eigenvalue weighted by Crippen LogP contribution is -2.68. The van der Waals surface area contributed by atoms with Crippen LogP contribution >= 0.6 is 0 Å². The predicted octanol–water partition coefficient (Wildman–Crippen LogP) is 3.85. The summed E-state index contributed by atoms with van der Waals surface area (Å²) in [6.45, 7) is 7.98. The zero-order valence-electron chi connectivity index (χ0n) is 18.9. The fourth-order valence-corrected chi connectivity index (χ4v) is 3.32. The van der Waals surface area contributed by atoms with Gasteiger partial charge >= 0.3 is 0 Å². The molecule has 0 fully saturated rings. The molecule has 1 amide bonds. The van der Waals surface area contributed by atoms with Crippen LogP contribution in [0.1, 0.15) is 25.0 Å². The van der Waals surface area contributed by atoms with E-state index in [4.69, 9.17) is 14.0 Å². The van der Waals surface area contributed by atoms with Gasteiger partial charge in [0, 0.05) is 17.0 Å². The highest BCUT2D eigenvalue weighted by Crippen LogP contribution is 2.38. The Balaban J connectivity index is 2.03. The molecule has 2 aromatic carbocycles. The Morgan fingerprint density at radius 1 is 1.06 bits per heavy atom. The highest BCUT2D eigenvalue weighted by Gasteiger charge is 2.23. The van der Waals surface area contributed by atoms with Gasteiger partial charge in [-0.25, -0.2) is 0 Å². The summed E-state index contributed by atoms with van der Waals surface area (Å²) in [5.41, 5.74) is 9.21. The lowest BCUT2D eigenvalue weighted by Gasteiger charge is -2.15. The highest BCUT2D eigenvalue weighted by atomic mass is 16.5. The number of anilines is 1.